The number of aromatic nitrogens is 4. The van der Waals surface area contributed by atoms with Gasteiger partial charge in [0.05, 0.1) is 4.92 Å². The molecule has 0 spiro atoms. The highest BCUT2D eigenvalue weighted by Crippen LogP contribution is 2.29. The maximum Gasteiger partial charge on any atom is 0.292 e. The molecule has 0 N–H and O–H groups in total. The number of amides is 1. The molecule has 0 unspecified atom stereocenters. The zero-order valence-corrected chi connectivity index (χ0v) is 18.2. The summed E-state index contributed by atoms with van der Waals surface area (Å²) in [6.45, 7) is 3.83. The summed E-state index contributed by atoms with van der Waals surface area (Å²) in [7, 11) is 0. The van der Waals surface area contributed by atoms with E-state index >= 15 is 0 Å². The predicted molar refractivity (Wildman–Crippen MR) is 119 cm³/mol. The van der Waals surface area contributed by atoms with Crippen molar-refractivity contribution in [2.24, 2.45) is 0 Å². The lowest BCUT2D eigenvalue weighted by molar-refractivity contribution is -0.384. The first kappa shape index (κ1) is 21.7. The van der Waals surface area contributed by atoms with Gasteiger partial charge in [-0.1, -0.05) is 30.7 Å². The second kappa shape index (κ2) is 9.31. The first-order valence-corrected chi connectivity index (χ1v) is 10.7. The summed E-state index contributed by atoms with van der Waals surface area (Å²) in [6.07, 6.45) is 0.514. The SMILES string of the molecule is CC[C@H](C(=O)N1CCN(c2ccccc2[N+](=O)[O-])CC1)n1nnc(-c2ccc(Cl)cc2)n1. The third-order valence-corrected chi connectivity index (χ3v) is 5.74. The Hall–Kier alpha value is -3.53. The molecule has 1 amide bonds. The molecular formula is C21H22ClN7O3. The van der Waals surface area contributed by atoms with Crippen LogP contribution in [0, 0.1) is 10.1 Å². The molecule has 11 heteroatoms. The standard InChI is InChI=1S/C21H22ClN7O3/c1-2-17(28-24-20(23-25-28)15-7-9-16(22)10-8-15)21(30)27-13-11-26(12-14-27)18-5-3-4-6-19(18)29(31)32/h3-10,17H,2,11-14H2,1H3/t17-/m1/s1. The first-order chi connectivity index (χ1) is 15.5. The van der Waals surface area contributed by atoms with Gasteiger partial charge in [0.15, 0.2) is 6.04 Å². The summed E-state index contributed by atoms with van der Waals surface area (Å²) in [4.78, 5) is 29.2. The van der Waals surface area contributed by atoms with Crippen LogP contribution in [-0.2, 0) is 4.79 Å². The van der Waals surface area contributed by atoms with Gasteiger partial charge in [-0.05, 0) is 42.0 Å². The smallest absolute Gasteiger partial charge is 0.292 e. The van der Waals surface area contributed by atoms with Gasteiger partial charge < -0.3 is 9.80 Å². The number of nitro groups is 1. The van der Waals surface area contributed by atoms with Crippen LogP contribution in [0.5, 0.6) is 0 Å². The molecule has 1 aliphatic rings. The molecule has 1 saturated heterocycles. The zero-order valence-electron chi connectivity index (χ0n) is 17.5. The Bertz CT molecular complexity index is 1110. The van der Waals surface area contributed by atoms with Crippen LogP contribution in [-0.4, -0.2) is 62.1 Å². The largest absolute Gasteiger partial charge is 0.362 e. The number of carbonyl (C=O) groups excluding carboxylic acids is 1. The lowest BCUT2D eigenvalue weighted by Gasteiger charge is -2.36. The number of tetrazole rings is 1. The molecule has 10 nitrogen and oxygen atoms in total. The van der Waals surface area contributed by atoms with E-state index in [0.717, 1.165) is 5.56 Å². The number of benzene rings is 2. The Morgan fingerprint density at radius 2 is 1.81 bits per heavy atom. The second-order valence-electron chi connectivity index (χ2n) is 7.42. The van der Waals surface area contributed by atoms with E-state index in [1.165, 1.54) is 10.9 Å². The first-order valence-electron chi connectivity index (χ1n) is 10.3. The van der Waals surface area contributed by atoms with Crippen LogP contribution in [0.4, 0.5) is 11.4 Å². The van der Waals surface area contributed by atoms with Crippen molar-refractivity contribution >= 4 is 28.9 Å². The van der Waals surface area contributed by atoms with Crippen molar-refractivity contribution in [1.29, 1.82) is 0 Å². The van der Waals surface area contributed by atoms with Crippen molar-refractivity contribution < 1.29 is 9.72 Å². The molecule has 2 aromatic carbocycles. The Balaban J connectivity index is 1.44. The molecule has 1 fully saturated rings. The van der Waals surface area contributed by atoms with Gasteiger partial charge >= 0.3 is 0 Å². The molecule has 0 aliphatic carbocycles. The minimum absolute atomic E-state index is 0.0697. The van der Waals surface area contributed by atoms with Gasteiger partial charge in [-0.2, -0.15) is 4.80 Å². The number of halogens is 1. The van der Waals surface area contributed by atoms with E-state index in [-0.39, 0.29) is 16.5 Å². The highest BCUT2D eigenvalue weighted by atomic mass is 35.5. The number of nitrogens with zero attached hydrogens (tertiary/aromatic N) is 7. The summed E-state index contributed by atoms with van der Waals surface area (Å²) in [5.74, 6) is 0.337. The molecule has 166 valence electrons. The Kier molecular flexibility index (Phi) is 6.31. The van der Waals surface area contributed by atoms with Crippen molar-refractivity contribution in [3.05, 3.63) is 63.7 Å². The van der Waals surface area contributed by atoms with Crippen LogP contribution in [0.2, 0.25) is 5.02 Å². The number of rotatable bonds is 6. The fraction of sp³-hybridized carbons (Fsp3) is 0.333. The molecule has 4 rings (SSSR count). The van der Waals surface area contributed by atoms with Gasteiger partial charge in [0.1, 0.15) is 5.69 Å². The van der Waals surface area contributed by atoms with Crippen LogP contribution in [0.15, 0.2) is 48.5 Å². The minimum Gasteiger partial charge on any atom is -0.362 e. The molecule has 0 bridgehead atoms. The molecule has 0 radical (unpaired) electrons. The molecule has 32 heavy (non-hydrogen) atoms. The van der Waals surface area contributed by atoms with E-state index in [1.54, 1.807) is 47.4 Å². The summed E-state index contributed by atoms with van der Waals surface area (Å²) in [6, 6.07) is 13.2. The molecule has 0 saturated carbocycles. The van der Waals surface area contributed by atoms with E-state index in [0.29, 0.717) is 49.1 Å². The zero-order chi connectivity index (χ0) is 22.7. The van der Waals surface area contributed by atoms with Crippen LogP contribution < -0.4 is 4.90 Å². The van der Waals surface area contributed by atoms with Gasteiger partial charge in [0.2, 0.25) is 11.7 Å². The Morgan fingerprint density at radius 3 is 2.47 bits per heavy atom. The Morgan fingerprint density at radius 1 is 1.12 bits per heavy atom. The van der Waals surface area contributed by atoms with E-state index in [1.807, 2.05) is 11.8 Å². The fourth-order valence-electron chi connectivity index (χ4n) is 3.77. The highest BCUT2D eigenvalue weighted by molar-refractivity contribution is 6.30. The molecule has 1 aromatic heterocycles. The van der Waals surface area contributed by atoms with E-state index in [4.69, 9.17) is 11.6 Å². The third-order valence-electron chi connectivity index (χ3n) is 5.49. The van der Waals surface area contributed by atoms with Gasteiger partial charge in [-0.15, -0.1) is 10.2 Å². The van der Waals surface area contributed by atoms with Crippen LogP contribution in [0.25, 0.3) is 11.4 Å². The molecule has 1 atom stereocenters. The summed E-state index contributed by atoms with van der Waals surface area (Å²) in [5.41, 5.74) is 1.41. The normalized spacial score (nSPS) is 14.9. The van der Waals surface area contributed by atoms with Gasteiger partial charge in [0, 0.05) is 42.8 Å². The van der Waals surface area contributed by atoms with E-state index in [2.05, 4.69) is 15.4 Å². The number of carbonyl (C=O) groups is 1. The number of anilines is 1. The quantitative estimate of drug-likeness (QED) is 0.414. The highest BCUT2D eigenvalue weighted by Gasteiger charge is 2.31. The summed E-state index contributed by atoms with van der Waals surface area (Å²) in [5, 5.41) is 24.5. The maximum absolute atomic E-state index is 13.2. The van der Waals surface area contributed by atoms with E-state index in [9.17, 15) is 14.9 Å². The molecule has 1 aliphatic heterocycles. The van der Waals surface area contributed by atoms with Crippen molar-refractivity contribution in [2.45, 2.75) is 19.4 Å². The lowest BCUT2D eigenvalue weighted by Crippen LogP contribution is -2.51. The monoisotopic (exact) mass is 455 g/mol. The second-order valence-corrected chi connectivity index (χ2v) is 7.86. The number of para-hydroxylation sites is 2. The molecular weight excluding hydrogens is 434 g/mol. The summed E-state index contributed by atoms with van der Waals surface area (Å²) < 4.78 is 0. The number of hydrogen-bond acceptors (Lipinski definition) is 7. The molecule has 2 heterocycles. The maximum atomic E-state index is 13.2. The van der Waals surface area contributed by atoms with Gasteiger partial charge in [-0.3, -0.25) is 14.9 Å². The van der Waals surface area contributed by atoms with Crippen molar-refractivity contribution in [1.82, 2.24) is 25.1 Å². The van der Waals surface area contributed by atoms with Crippen molar-refractivity contribution in [3.63, 3.8) is 0 Å². The van der Waals surface area contributed by atoms with Gasteiger partial charge in [0.25, 0.3) is 5.69 Å². The molecule has 3 aromatic rings. The fourth-order valence-corrected chi connectivity index (χ4v) is 3.90. The van der Waals surface area contributed by atoms with Crippen LogP contribution in [0.1, 0.15) is 19.4 Å². The Labute approximate surface area is 189 Å². The number of piperazine rings is 1. The lowest BCUT2D eigenvalue weighted by atomic mass is 10.1. The number of hydrogen-bond donors (Lipinski definition) is 0. The average molecular weight is 456 g/mol. The third kappa shape index (κ3) is 4.40. The van der Waals surface area contributed by atoms with Crippen molar-refractivity contribution in [2.75, 3.05) is 31.1 Å². The average Bonchev–Trinajstić information content (AvgIpc) is 3.30. The van der Waals surface area contributed by atoms with Crippen LogP contribution >= 0.6 is 11.6 Å². The summed E-state index contributed by atoms with van der Waals surface area (Å²) >= 11 is 5.93. The minimum atomic E-state index is -0.568. The van der Waals surface area contributed by atoms with Gasteiger partial charge in [-0.25, -0.2) is 0 Å². The predicted octanol–water partition coefficient (Wildman–Crippen LogP) is 3.20. The topological polar surface area (TPSA) is 110 Å². The number of nitro benzene ring substituents is 1. The van der Waals surface area contributed by atoms with Crippen molar-refractivity contribution in [3.8, 4) is 11.4 Å². The van der Waals surface area contributed by atoms with Crippen LogP contribution in [0.3, 0.4) is 0 Å². The van der Waals surface area contributed by atoms with E-state index < -0.39 is 6.04 Å².